The van der Waals surface area contributed by atoms with Crippen LogP contribution in [0.4, 0.5) is 5.69 Å². The molecule has 0 amide bonds. The molecule has 1 aliphatic carbocycles. The highest BCUT2D eigenvalue weighted by Gasteiger charge is 2.27. The number of carboxylic acids is 1. The second-order valence-corrected chi connectivity index (χ2v) is 5.56. The van der Waals surface area contributed by atoms with Crippen LogP contribution in [0.2, 0.25) is 0 Å². The van der Waals surface area contributed by atoms with E-state index in [-0.39, 0.29) is 17.9 Å². The normalized spacial score (nSPS) is 21.6. The van der Waals surface area contributed by atoms with E-state index in [4.69, 9.17) is 9.84 Å². The Bertz CT molecular complexity index is 541. The van der Waals surface area contributed by atoms with Crippen molar-refractivity contribution in [2.24, 2.45) is 5.92 Å². The number of benzene rings is 1. The summed E-state index contributed by atoms with van der Waals surface area (Å²) in [5.74, 6) is -1.37. The molecular formula is C16H21NO4. The molecule has 1 aromatic rings. The maximum atomic E-state index is 11.6. The quantitative estimate of drug-likeness (QED) is 0.834. The van der Waals surface area contributed by atoms with Crippen LogP contribution in [0.5, 0.6) is 0 Å². The van der Waals surface area contributed by atoms with Crippen LogP contribution in [0.25, 0.3) is 0 Å². The molecule has 0 aliphatic heterocycles. The Morgan fingerprint density at radius 1 is 1.33 bits per heavy atom. The molecule has 1 saturated carbocycles. The van der Waals surface area contributed by atoms with Crippen molar-refractivity contribution >= 4 is 17.6 Å². The van der Waals surface area contributed by atoms with Gasteiger partial charge in [0, 0.05) is 11.7 Å². The third-order valence-corrected chi connectivity index (χ3v) is 4.04. The van der Waals surface area contributed by atoms with Gasteiger partial charge < -0.3 is 15.2 Å². The minimum absolute atomic E-state index is 0.131. The Morgan fingerprint density at radius 3 is 2.76 bits per heavy atom. The summed E-state index contributed by atoms with van der Waals surface area (Å²) >= 11 is 0. The zero-order valence-corrected chi connectivity index (χ0v) is 12.4. The second-order valence-electron chi connectivity index (χ2n) is 5.56. The Kier molecular flexibility index (Phi) is 4.83. The van der Waals surface area contributed by atoms with Gasteiger partial charge in [-0.3, -0.25) is 4.79 Å². The fraction of sp³-hybridized carbons (Fsp3) is 0.500. The van der Waals surface area contributed by atoms with Gasteiger partial charge in [0.15, 0.2) is 0 Å². The lowest BCUT2D eigenvalue weighted by molar-refractivity contribution is -0.142. The number of carbonyl (C=O) groups is 2. The molecule has 2 N–H and O–H groups in total. The molecule has 5 heteroatoms. The van der Waals surface area contributed by atoms with Gasteiger partial charge in [0.1, 0.15) is 0 Å². The van der Waals surface area contributed by atoms with Crippen molar-refractivity contribution in [3.63, 3.8) is 0 Å². The zero-order chi connectivity index (χ0) is 15.4. The maximum Gasteiger partial charge on any atom is 0.337 e. The lowest BCUT2D eigenvalue weighted by Crippen LogP contribution is -2.31. The number of anilines is 1. The summed E-state index contributed by atoms with van der Waals surface area (Å²) in [7, 11) is 1.36. The summed E-state index contributed by atoms with van der Waals surface area (Å²) in [5.41, 5.74) is 2.39. The highest BCUT2D eigenvalue weighted by atomic mass is 16.5. The van der Waals surface area contributed by atoms with Gasteiger partial charge in [0.25, 0.3) is 0 Å². The van der Waals surface area contributed by atoms with Crippen LogP contribution in [-0.4, -0.2) is 30.2 Å². The number of carboxylic acid groups (broad SMARTS) is 1. The molecule has 0 radical (unpaired) electrons. The van der Waals surface area contributed by atoms with Crippen LogP contribution < -0.4 is 5.32 Å². The van der Waals surface area contributed by atoms with Gasteiger partial charge in [0.05, 0.1) is 18.6 Å². The molecule has 2 rings (SSSR count). The van der Waals surface area contributed by atoms with Gasteiger partial charge in [-0.05, 0) is 43.9 Å². The number of esters is 1. The summed E-state index contributed by atoms with van der Waals surface area (Å²) in [4.78, 5) is 22.7. The van der Waals surface area contributed by atoms with Crippen LogP contribution in [0, 0.1) is 12.8 Å². The summed E-state index contributed by atoms with van der Waals surface area (Å²) in [5, 5.41) is 12.5. The second kappa shape index (κ2) is 6.61. The maximum absolute atomic E-state index is 11.6. The van der Waals surface area contributed by atoms with E-state index in [0.717, 1.165) is 30.5 Å². The minimum Gasteiger partial charge on any atom is -0.481 e. The molecule has 0 aromatic heterocycles. The van der Waals surface area contributed by atoms with E-state index in [1.165, 1.54) is 7.11 Å². The molecule has 0 heterocycles. The minimum atomic E-state index is -0.721. The third-order valence-electron chi connectivity index (χ3n) is 4.04. The molecule has 2 unspecified atom stereocenters. The predicted molar refractivity (Wildman–Crippen MR) is 79.5 cm³/mol. The van der Waals surface area contributed by atoms with Gasteiger partial charge in [-0.2, -0.15) is 0 Å². The lowest BCUT2D eigenvalue weighted by atomic mass is 9.85. The predicted octanol–water partition coefficient (Wildman–Crippen LogP) is 2.84. The highest BCUT2D eigenvalue weighted by molar-refractivity contribution is 5.90. The van der Waals surface area contributed by atoms with E-state index in [0.29, 0.717) is 12.0 Å². The van der Waals surface area contributed by atoms with E-state index >= 15 is 0 Å². The van der Waals surface area contributed by atoms with Crippen LogP contribution in [0.1, 0.15) is 41.6 Å². The standard InChI is InChI=1S/C16H21NO4/c1-10-6-7-12(16(20)21-2)9-14(10)17-13-5-3-4-11(8-13)15(18)19/h6-7,9,11,13,17H,3-5,8H2,1-2H3,(H,18,19). The van der Waals surface area contributed by atoms with Crippen molar-refractivity contribution in [3.8, 4) is 0 Å². The number of carbonyl (C=O) groups excluding carboxylic acids is 1. The Balaban J connectivity index is 2.11. The monoisotopic (exact) mass is 291 g/mol. The number of nitrogens with one attached hydrogen (secondary N) is 1. The van der Waals surface area contributed by atoms with Gasteiger partial charge in [-0.1, -0.05) is 12.5 Å². The van der Waals surface area contributed by atoms with Gasteiger partial charge in [-0.15, -0.1) is 0 Å². The van der Waals surface area contributed by atoms with Gasteiger partial charge in [0.2, 0.25) is 0 Å². The molecule has 1 aromatic carbocycles. The average Bonchev–Trinajstić information content (AvgIpc) is 2.49. The Hall–Kier alpha value is -2.04. The molecule has 0 spiro atoms. The molecule has 21 heavy (non-hydrogen) atoms. The summed E-state index contributed by atoms with van der Waals surface area (Å²) < 4.78 is 4.73. The first kappa shape index (κ1) is 15.4. The van der Waals surface area contributed by atoms with Gasteiger partial charge >= 0.3 is 11.9 Å². The highest BCUT2D eigenvalue weighted by Crippen LogP contribution is 2.28. The van der Waals surface area contributed by atoms with E-state index in [1.807, 2.05) is 13.0 Å². The Labute approximate surface area is 124 Å². The van der Waals surface area contributed by atoms with Crippen LogP contribution >= 0.6 is 0 Å². The molecule has 2 atom stereocenters. The number of methoxy groups -OCH3 is 1. The number of aryl methyl sites for hydroxylation is 1. The van der Waals surface area contributed by atoms with Crippen molar-refractivity contribution in [1.29, 1.82) is 0 Å². The van der Waals surface area contributed by atoms with Crippen molar-refractivity contribution < 1.29 is 19.4 Å². The van der Waals surface area contributed by atoms with Crippen molar-refractivity contribution in [2.75, 3.05) is 12.4 Å². The molecular weight excluding hydrogens is 270 g/mol. The van der Waals surface area contributed by atoms with Crippen LogP contribution in [0.3, 0.4) is 0 Å². The fourth-order valence-electron chi connectivity index (χ4n) is 2.79. The number of aliphatic carboxylic acids is 1. The van der Waals surface area contributed by atoms with Crippen molar-refractivity contribution in [1.82, 2.24) is 0 Å². The molecule has 1 aliphatic rings. The number of ether oxygens (including phenoxy) is 1. The van der Waals surface area contributed by atoms with Crippen molar-refractivity contribution in [2.45, 2.75) is 38.6 Å². The smallest absolute Gasteiger partial charge is 0.337 e. The summed E-state index contributed by atoms with van der Waals surface area (Å²) in [6.07, 6.45) is 3.22. The summed E-state index contributed by atoms with van der Waals surface area (Å²) in [6, 6.07) is 5.50. The number of hydrogen-bond acceptors (Lipinski definition) is 4. The van der Waals surface area contributed by atoms with Crippen LogP contribution in [-0.2, 0) is 9.53 Å². The number of hydrogen-bond donors (Lipinski definition) is 2. The molecule has 1 fully saturated rings. The first-order valence-electron chi connectivity index (χ1n) is 7.19. The Morgan fingerprint density at radius 2 is 2.10 bits per heavy atom. The summed E-state index contributed by atoms with van der Waals surface area (Å²) in [6.45, 7) is 1.96. The third kappa shape index (κ3) is 3.74. The van der Waals surface area contributed by atoms with E-state index in [9.17, 15) is 9.59 Å². The molecule has 5 nitrogen and oxygen atoms in total. The van der Waals surface area contributed by atoms with Gasteiger partial charge in [-0.25, -0.2) is 4.79 Å². The average molecular weight is 291 g/mol. The zero-order valence-electron chi connectivity index (χ0n) is 12.4. The lowest BCUT2D eigenvalue weighted by Gasteiger charge is -2.28. The SMILES string of the molecule is COC(=O)c1ccc(C)c(NC2CCCC(C(=O)O)C2)c1. The first-order valence-corrected chi connectivity index (χ1v) is 7.19. The molecule has 0 bridgehead atoms. The van der Waals surface area contributed by atoms with E-state index in [1.54, 1.807) is 12.1 Å². The molecule has 114 valence electrons. The van der Waals surface area contributed by atoms with Crippen LogP contribution in [0.15, 0.2) is 18.2 Å². The molecule has 0 saturated heterocycles. The first-order chi connectivity index (χ1) is 10.0. The van der Waals surface area contributed by atoms with Crippen molar-refractivity contribution in [3.05, 3.63) is 29.3 Å². The number of rotatable bonds is 4. The van der Waals surface area contributed by atoms with E-state index in [2.05, 4.69) is 5.32 Å². The topological polar surface area (TPSA) is 75.6 Å². The van der Waals surface area contributed by atoms with E-state index < -0.39 is 5.97 Å². The largest absolute Gasteiger partial charge is 0.481 e. The fourth-order valence-corrected chi connectivity index (χ4v) is 2.79.